The van der Waals surface area contributed by atoms with E-state index in [1.54, 1.807) is 6.92 Å². The molecular formula is C15H25ClN2O2. The highest BCUT2D eigenvalue weighted by atomic mass is 35.5. The Morgan fingerprint density at radius 2 is 2.00 bits per heavy atom. The van der Waals surface area contributed by atoms with Gasteiger partial charge < -0.3 is 15.8 Å². The monoisotopic (exact) mass is 300 g/mol. The minimum Gasteiger partial charge on any atom is -0.494 e. The maximum atomic E-state index is 12.0. The second kappa shape index (κ2) is 8.82. The molecular weight excluding hydrogens is 276 g/mol. The third-order valence-electron chi connectivity index (χ3n) is 3.00. The number of benzene rings is 1. The van der Waals surface area contributed by atoms with E-state index in [0.717, 1.165) is 17.7 Å². The maximum Gasteiger partial charge on any atom is 0.240 e. The van der Waals surface area contributed by atoms with Gasteiger partial charge in [0.2, 0.25) is 5.91 Å². The first-order valence-electron chi connectivity index (χ1n) is 6.79. The Kier molecular flexibility index (Phi) is 8.26. The zero-order valence-electron chi connectivity index (χ0n) is 12.4. The van der Waals surface area contributed by atoms with Crippen LogP contribution in [-0.4, -0.2) is 18.1 Å². The highest BCUT2D eigenvalue weighted by molar-refractivity contribution is 5.85. The molecule has 0 radical (unpaired) electrons. The number of halogens is 1. The zero-order chi connectivity index (χ0) is 14.3. The van der Waals surface area contributed by atoms with Gasteiger partial charge in [0.25, 0.3) is 0 Å². The van der Waals surface area contributed by atoms with Crippen molar-refractivity contribution in [3.63, 3.8) is 0 Å². The van der Waals surface area contributed by atoms with E-state index < -0.39 is 5.54 Å². The molecule has 4 nitrogen and oxygen atoms in total. The lowest BCUT2D eigenvalue weighted by Gasteiger charge is -2.23. The van der Waals surface area contributed by atoms with Crippen LogP contribution in [0.5, 0.6) is 5.75 Å². The summed E-state index contributed by atoms with van der Waals surface area (Å²) in [6.07, 6.45) is 1.56. The summed E-state index contributed by atoms with van der Waals surface area (Å²) in [4.78, 5) is 12.0. The Hall–Kier alpha value is -1.26. The lowest BCUT2D eigenvalue weighted by Crippen LogP contribution is -2.51. The molecule has 1 amide bonds. The molecule has 0 heterocycles. The van der Waals surface area contributed by atoms with Crippen LogP contribution in [0, 0.1) is 0 Å². The van der Waals surface area contributed by atoms with E-state index in [2.05, 4.69) is 5.32 Å². The van der Waals surface area contributed by atoms with Gasteiger partial charge in [0.1, 0.15) is 5.75 Å². The summed E-state index contributed by atoms with van der Waals surface area (Å²) in [5.74, 6) is 0.681. The molecule has 0 aliphatic heterocycles. The Labute approximate surface area is 127 Å². The van der Waals surface area contributed by atoms with E-state index in [4.69, 9.17) is 10.5 Å². The number of carbonyl (C=O) groups excluding carboxylic acids is 1. The number of ether oxygens (including phenoxy) is 1. The zero-order valence-corrected chi connectivity index (χ0v) is 13.3. The van der Waals surface area contributed by atoms with Crippen LogP contribution < -0.4 is 15.8 Å². The second-order valence-corrected chi connectivity index (χ2v) is 4.89. The molecule has 1 unspecified atom stereocenters. The highest BCUT2D eigenvalue weighted by Crippen LogP contribution is 2.18. The van der Waals surface area contributed by atoms with Gasteiger partial charge in [-0.05, 0) is 26.3 Å². The first-order chi connectivity index (χ1) is 9.01. The number of nitrogens with two attached hydrogens (primary N) is 1. The molecule has 5 heteroatoms. The summed E-state index contributed by atoms with van der Waals surface area (Å²) in [7, 11) is 0. The van der Waals surface area contributed by atoms with Crippen LogP contribution in [0.25, 0.3) is 0 Å². The summed E-state index contributed by atoms with van der Waals surface area (Å²) in [6.45, 7) is 6.76. The summed E-state index contributed by atoms with van der Waals surface area (Å²) in [5.41, 5.74) is 6.14. The lowest BCUT2D eigenvalue weighted by molar-refractivity contribution is -0.126. The van der Waals surface area contributed by atoms with Crippen LogP contribution in [0.4, 0.5) is 0 Å². The van der Waals surface area contributed by atoms with Crippen molar-refractivity contribution >= 4 is 18.3 Å². The minimum atomic E-state index is -0.810. The van der Waals surface area contributed by atoms with Crippen molar-refractivity contribution in [1.29, 1.82) is 0 Å². The number of para-hydroxylation sites is 1. The topological polar surface area (TPSA) is 64.4 Å². The van der Waals surface area contributed by atoms with E-state index in [-0.39, 0.29) is 18.3 Å². The molecule has 0 aliphatic rings. The van der Waals surface area contributed by atoms with Gasteiger partial charge in [-0.25, -0.2) is 0 Å². The van der Waals surface area contributed by atoms with Gasteiger partial charge in [0, 0.05) is 12.1 Å². The van der Waals surface area contributed by atoms with Gasteiger partial charge in [-0.1, -0.05) is 31.5 Å². The van der Waals surface area contributed by atoms with Crippen molar-refractivity contribution in [3.05, 3.63) is 29.8 Å². The molecule has 20 heavy (non-hydrogen) atoms. The number of carbonyl (C=O) groups is 1. The summed E-state index contributed by atoms with van der Waals surface area (Å²) in [5, 5.41) is 2.88. The smallest absolute Gasteiger partial charge is 0.240 e. The third-order valence-corrected chi connectivity index (χ3v) is 3.00. The number of rotatable bonds is 7. The number of nitrogens with one attached hydrogen (secondary N) is 1. The van der Waals surface area contributed by atoms with E-state index in [9.17, 15) is 4.79 Å². The van der Waals surface area contributed by atoms with E-state index in [1.165, 1.54) is 0 Å². The molecule has 0 fully saturated rings. The standard InChI is InChI=1S/C15H24N2O2.ClH/c1-4-10-15(3,16)14(18)17-11-12-8-6-7-9-13(12)19-5-2;/h6-9H,4-5,10-11,16H2,1-3H3,(H,17,18);1H. The molecule has 0 spiro atoms. The maximum absolute atomic E-state index is 12.0. The van der Waals surface area contributed by atoms with Crippen LogP contribution in [-0.2, 0) is 11.3 Å². The van der Waals surface area contributed by atoms with Crippen molar-refractivity contribution in [3.8, 4) is 5.75 Å². The predicted octanol–water partition coefficient (Wildman–Crippen LogP) is 2.64. The lowest BCUT2D eigenvalue weighted by atomic mass is 9.96. The fourth-order valence-corrected chi connectivity index (χ4v) is 1.96. The SMILES string of the molecule is CCCC(C)(N)C(=O)NCc1ccccc1OCC.Cl. The second-order valence-electron chi connectivity index (χ2n) is 4.89. The van der Waals surface area contributed by atoms with Crippen molar-refractivity contribution in [2.45, 2.75) is 45.7 Å². The molecule has 0 bridgehead atoms. The number of hydrogen-bond acceptors (Lipinski definition) is 3. The highest BCUT2D eigenvalue weighted by Gasteiger charge is 2.26. The summed E-state index contributed by atoms with van der Waals surface area (Å²) < 4.78 is 5.52. The van der Waals surface area contributed by atoms with Crippen LogP contribution in [0.15, 0.2) is 24.3 Å². The average molecular weight is 301 g/mol. The molecule has 0 aliphatic carbocycles. The molecule has 1 rings (SSSR count). The Bertz CT molecular complexity index is 422. The average Bonchev–Trinajstić information content (AvgIpc) is 2.37. The largest absolute Gasteiger partial charge is 0.494 e. The molecule has 0 aromatic heterocycles. The quantitative estimate of drug-likeness (QED) is 0.813. The Morgan fingerprint density at radius 1 is 1.35 bits per heavy atom. The third kappa shape index (κ3) is 5.39. The van der Waals surface area contributed by atoms with Crippen molar-refractivity contribution in [2.24, 2.45) is 5.73 Å². The molecule has 3 N–H and O–H groups in total. The van der Waals surface area contributed by atoms with Crippen molar-refractivity contribution in [2.75, 3.05) is 6.61 Å². The molecule has 0 saturated carbocycles. The number of hydrogen-bond donors (Lipinski definition) is 2. The molecule has 1 atom stereocenters. The van der Waals surface area contributed by atoms with Gasteiger partial charge in [-0.2, -0.15) is 0 Å². The van der Waals surface area contributed by atoms with Crippen LogP contribution in [0.1, 0.15) is 39.2 Å². The van der Waals surface area contributed by atoms with Crippen LogP contribution in [0.3, 0.4) is 0 Å². The normalized spacial score (nSPS) is 13.0. The van der Waals surface area contributed by atoms with Crippen LogP contribution >= 0.6 is 12.4 Å². The van der Waals surface area contributed by atoms with Gasteiger partial charge in [0.15, 0.2) is 0 Å². The molecule has 1 aromatic rings. The Morgan fingerprint density at radius 3 is 2.60 bits per heavy atom. The van der Waals surface area contributed by atoms with Gasteiger partial charge >= 0.3 is 0 Å². The van der Waals surface area contributed by atoms with Crippen molar-refractivity contribution in [1.82, 2.24) is 5.32 Å². The summed E-state index contributed by atoms with van der Waals surface area (Å²) >= 11 is 0. The van der Waals surface area contributed by atoms with E-state index in [1.807, 2.05) is 38.1 Å². The fourth-order valence-electron chi connectivity index (χ4n) is 1.96. The number of amides is 1. The molecule has 0 saturated heterocycles. The predicted molar refractivity (Wildman–Crippen MR) is 84.2 cm³/mol. The van der Waals surface area contributed by atoms with Gasteiger partial charge in [0.05, 0.1) is 12.1 Å². The Balaban J connectivity index is 0.00000361. The van der Waals surface area contributed by atoms with Crippen LogP contribution in [0.2, 0.25) is 0 Å². The van der Waals surface area contributed by atoms with E-state index >= 15 is 0 Å². The summed E-state index contributed by atoms with van der Waals surface area (Å²) in [6, 6.07) is 7.69. The minimum absolute atomic E-state index is 0. The first-order valence-corrected chi connectivity index (χ1v) is 6.79. The van der Waals surface area contributed by atoms with Crippen molar-refractivity contribution < 1.29 is 9.53 Å². The molecule has 114 valence electrons. The fraction of sp³-hybridized carbons (Fsp3) is 0.533. The first kappa shape index (κ1) is 18.7. The van der Waals surface area contributed by atoms with Gasteiger partial charge in [-0.15, -0.1) is 12.4 Å². The van der Waals surface area contributed by atoms with Gasteiger partial charge in [-0.3, -0.25) is 4.79 Å². The molecule has 1 aromatic carbocycles. The van der Waals surface area contributed by atoms with E-state index in [0.29, 0.717) is 19.6 Å².